The third-order valence-electron chi connectivity index (χ3n) is 1.51. The first kappa shape index (κ1) is 9.70. The first-order valence-electron chi connectivity index (χ1n) is 3.83. The maximum absolute atomic E-state index is 12.2. The molecule has 0 aromatic carbocycles. The molecule has 0 atom stereocenters. The number of Topliss-reactive ketones (excluding diaryl/α,β-unsaturated/α-hetero) is 1. The van der Waals surface area contributed by atoms with Gasteiger partial charge in [0.2, 0.25) is 5.88 Å². The molecular formula is C8H11FN2O2. The average molecular weight is 186 g/mol. The number of carbonyl (C=O) groups excluding carboxylic acids is 1. The van der Waals surface area contributed by atoms with Crippen LogP contribution in [0.2, 0.25) is 0 Å². The molecule has 13 heavy (non-hydrogen) atoms. The number of halogens is 1. The Morgan fingerprint density at radius 2 is 2.46 bits per heavy atom. The van der Waals surface area contributed by atoms with E-state index in [1.54, 1.807) is 0 Å². The summed E-state index contributed by atoms with van der Waals surface area (Å²) in [5.41, 5.74) is 0.276. The molecule has 0 fully saturated rings. The van der Waals surface area contributed by atoms with Crippen molar-refractivity contribution in [3.05, 3.63) is 11.8 Å². The normalized spacial score (nSPS) is 10.1. The Kier molecular flexibility index (Phi) is 3.00. The summed E-state index contributed by atoms with van der Waals surface area (Å²) in [6, 6.07) is 1.48. The van der Waals surface area contributed by atoms with Crippen LogP contribution in [0.15, 0.2) is 6.07 Å². The third kappa shape index (κ3) is 2.27. The van der Waals surface area contributed by atoms with Crippen molar-refractivity contribution in [3.8, 4) is 5.88 Å². The van der Waals surface area contributed by atoms with Gasteiger partial charge in [-0.05, 0) is 6.92 Å². The van der Waals surface area contributed by atoms with Gasteiger partial charge in [0.25, 0.3) is 0 Å². The Bertz CT molecular complexity index is 309. The molecular weight excluding hydrogens is 175 g/mol. The van der Waals surface area contributed by atoms with Crippen LogP contribution in [0.5, 0.6) is 5.88 Å². The summed E-state index contributed by atoms with van der Waals surface area (Å²) >= 11 is 0. The minimum atomic E-state index is -0.652. The predicted octanol–water partition coefficient (Wildman–Crippen LogP) is 0.950. The van der Waals surface area contributed by atoms with Crippen LogP contribution in [0.3, 0.4) is 0 Å². The van der Waals surface area contributed by atoms with E-state index in [0.717, 1.165) is 0 Å². The number of ether oxygens (including phenoxy) is 1. The van der Waals surface area contributed by atoms with E-state index in [9.17, 15) is 9.18 Å². The van der Waals surface area contributed by atoms with E-state index in [0.29, 0.717) is 5.88 Å². The molecule has 0 N–H and O–H groups in total. The highest BCUT2D eigenvalue weighted by Gasteiger charge is 2.08. The van der Waals surface area contributed by atoms with Crippen LogP contribution in [-0.2, 0) is 18.0 Å². The second-order valence-corrected chi connectivity index (χ2v) is 2.67. The van der Waals surface area contributed by atoms with Crippen LogP contribution in [0.25, 0.3) is 0 Å². The van der Waals surface area contributed by atoms with Crippen molar-refractivity contribution in [2.45, 2.75) is 20.1 Å². The number of aromatic nitrogens is 2. The maximum Gasteiger partial charge on any atom is 0.212 e. The zero-order valence-corrected chi connectivity index (χ0v) is 7.58. The number of methoxy groups -OCH3 is 1. The zero-order chi connectivity index (χ0) is 9.84. The lowest BCUT2D eigenvalue weighted by Gasteiger charge is -2.01. The number of nitrogens with zero attached hydrogens (tertiary/aromatic N) is 2. The van der Waals surface area contributed by atoms with Gasteiger partial charge in [-0.15, -0.1) is 0 Å². The Labute approximate surface area is 75.3 Å². The van der Waals surface area contributed by atoms with Gasteiger partial charge in [-0.2, -0.15) is 5.10 Å². The molecule has 0 amide bonds. The van der Waals surface area contributed by atoms with Crippen LogP contribution >= 0.6 is 0 Å². The molecule has 0 aliphatic heterocycles. The van der Waals surface area contributed by atoms with Crippen LogP contribution in [0, 0.1) is 0 Å². The summed E-state index contributed by atoms with van der Waals surface area (Å²) in [7, 11) is 1.45. The third-order valence-corrected chi connectivity index (χ3v) is 1.51. The summed E-state index contributed by atoms with van der Waals surface area (Å²) in [6.07, 6.45) is 0. The SMILES string of the molecule is COc1cc(CF)nn1CC(C)=O. The molecule has 72 valence electrons. The number of hydrogen-bond acceptors (Lipinski definition) is 3. The Hall–Kier alpha value is -1.39. The summed E-state index contributed by atoms with van der Waals surface area (Å²) in [5.74, 6) is 0.356. The topological polar surface area (TPSA) is 44.1 Å². The van der Waals surface area contributed by atoms with E-state index in [-0.39, 0.29) is 18.0 Å². The van der Waals surface area contributed by atoms with Crippen LogP contribution in [0.4, 0.5) is 4.39 Å². The van der Waals surface area contributed by atoms with Gasteiger partial charge in [-0.25, -0.2) is 9.07 Å². The van der Waals surface area contributed by atoms with Crippen LogP contribution in [0.1, 0.15) is 12.6 Å². The van der Waals surface area contributed by atoms with Gasteiger partial charge in [0.05, 0.1) is 12.8 Å². The summed E-state index contributed by atoms with van der Waals surface area (Å²) in [4.78, 5) is 10.8. The second kappa shape index (κ2) is 4.02. The van der Waals surface area contributed by atoms with Gasteiger partial charge >= 0.3 is 0 Å². The molecule has 0 aliphatic carbocycles. The van der Waals surface area contributed by atoms with Crippen molar-refractivity contribution in [2.75, 3.05) is 7.11 Å². The van der Waals surface area contributed by atoms with Crippen molar-refractivity contribution in [3.63, 3.8) is 0 Å². The number of alkyl halides is 1. The Morgan fingerprint density at radius 1 is 1.77 bits per heavy atom. The molecule has 1 aromatic rings. The molecule has 0 aliphatic rings. The largest absolute Gasteiger partial charge is 0.481 e. The summed E-state index contributed by atoms with van der Waals surface area (Å²) in [5, 5.41) is 3.84. The average Bonchev–Trinajstić information content (AvgIpc) is 2.46. The van der Waals surface area contributed by atoms with E-state index in [1.807, 2.05) is 0 Å². The molecule has 0 radical (unpaired) electrons. The summed E-state index contributed by atoms with van der Waals surface area (Å²) in [6.45, 7) is 0.903. The second-order valence-electron chi connectivity index (χ2n) is 2.67. The smallest absolute Gasteiger partial charge is 0.212 e. The number of ketones is 1. The van der Waals surface area contributed by atoms with Gasteiger partial charge in [0.15, 0.2) is 5.78 Å². The number of carbonyl (C=O) groups is 1. The molecule has 5 heteroatoms. The lowest BCUT2D eigenvalue weighted by atomic mass is 10.4. The Morgan fingerprint density at radius 3 is 2.92 bits per heavy atom. The van der Waals surface area contributed by atoms with Crippen molar-refractivity contribution in [2.24, 2.45) is 0 Å². The lowest BCUT2D eigenvalue weighted by molar-refractivity contribution is -0.117. The first-order chi connectivity index (χ1) is 6.17. The van der Waals surface area contributed by atoms with Gasteiger partial charge in [0.1, 0.15) is 13.2 Å². The maximum atomic E-state index is 12.2. The van der Waals surface area contributed by atoms with E-state index >= 15 is 0 Å². The highest BCUT2D eigenvalue weighted by atomic mass is 19.1. The molecule has 1 aromatic heterocycles. The fourth-order valence-electron chi connectivity index (χ4n) is 1.00. The highest BCUT2D eigenvalue weighted by molar-refractivity contribution is 5.75. The zero-order valence-electron chi connectivity index (χ0n) is 7.58. The summed E-state index contributed by atoms with van der Waals surface area (Å²) < 4.78 is 18.4. The molecule has 0 unspecified atom stereocenters. The van der Waals surface area contributed by atoms with Crippen molar-refractivity contribution >= 4 is 5.78 Å². The monoisotopic (exact) mass is 186 g/mol. The molecule has 0 spiro atoms. The van der Waals surface area contributed by atoms with E-state index in [4.69, 9.17) is 4.74 Å². The number of hydrogen-bond donors (Lipinski definition) is 0. The molecule has 0 saturated carbocycles. The van der Waals surface area contributed by atoms with Gasteiger partial charge in [-0.3, -0.25) is 4.79 Å². The minimum absolute atomic E-state index is 0.0493. The van der Waals surface area contributed by atoms with Gasteiger partial charge in [0, 0.05) is 6.07 Å². The fourth-order valence-corrected chi connectivity index (χ4v) is 1.00. The quantitative estimate of drug-likeness (QED) is 0.703. The van der Waals surface area contributed by atoms with Crippen LogP contribution < -0.4 is 4.74 Å². The van der Waals surface area contributed by atoms with Crippen LogP contribution in [-0.4, -0.2) is 22.7 Å². The van der Waals surface area contributed by atoms with Gasteiger partial charge in [-0.1, -0.05) is 0 Å². The molecule has 4 nitrogen and oxygen atoms in total. The molecule has 0 saturated heterocycles. The highest BCUT2D eigenvalue weighted by Crippen LogP contribution is 2.13. The Balaban J connectivity index is 2.90. The first-order valence-corrected chi connectivity index (χ1v) is 3.83. The van der Waals surface area contributed by atoms with E-state index in [2.05, 4.69) is 5.10 Å². The van der Waals surface area contributed by atoms with Gasteiger partial charge < -0.3 is 4.74 Å². The lowest BCUT2D eigenvalue weighted by Crippen LogP contribution is -2.09. The minimum Gasteiger partial charge on any atom is -0.481 e. The van der Waals surface area contributed by atoms with E-state index < -0.39 is 6.67 Å². The number of rotatable bonds is 4. The van der Waals surface area contributed by atoms with E-state index in [1.165, 1.54) is 24.8 Å². The molecule has 1 heterocycles. The standard InChI is InChI=1S/C8H11FN2O2/c1-6(12)5-11-8(13-2)3-7(4-9)10-11/h3H,4-5H2,1-2H3. The predicted molar refractivity (Wildman–Crippen MR) is 44.3 cm³/mol. The van der Waals surface area contributed by atoms with Crippen molar-refractivity contribution in [1.29, 1.82) is 0 Å². The molecule has 1 rings (SSSR count). The van der Waals surface area contributed by atoms with Crippen molar-refractivity contribution in [1.82, 2.24) is 9.78 Å². The van der Waals surface area contributed by atoms with Crippen molar-refractivity contribution < 1.29 is 13.9 Å². The fraction of sp³-hybridized carbons (Fsp3) is 0.500. The molecule has 0 bridgehead atoms.